The van der Waals surface area contributed by atoms with Gasteiger partial charge in [-0.25, -0.2) is 9.69 Å². The molecule has 0 aliphatic carbocycles. The normalized spacial score (nSPS) is 15.0. The number of imide groups is 2. The molecule has 0 bridgehead atoms. The van der Waals surface area contributed by atoms with E-state index in [1.165, 1.54) is 46.6 Å². The maximum atomic E-state index is 13.2. The van der Waals surface area contributed by atoms with Gasteiger partial charge >= 0.3 is 6.03 Å². The zero-order valence-electron chi connectivity index (χ0n) is 17.4. The molecule has 1 heterocycles. The number of hydrogen-bond donors (Lipinski definition) is 1. The molecule has 1 aliphatic heterocycles. The fourth-order valence-electron chi connectivity index (χ4n) is 3.08. The van der Waals surface area contributed by atoms with Gasteiger partial charge < -0.3 is 18.9 Å². The summed E-state index contributed by atoms with van der Waals surface area (Å²) in [5.41, 5.74) is 0.241. The van der Waals surface area contributed by atoms with Crippen molar-refractivity contribution in [3.63, 3.8) is 0 Å². The van der Waals surface area contributed by atoms with Crippen LogP contribution in [0.4, 0.5) is 10.5 Å². The van der Waals surface area contributed by atoms with E-state index in [4.69, 9.17) is 30.5 Å². The molecule has 0 spiro atoms. The van der Waals surface area contributed by atoms with Crippen LogP contribution in [0.15, 0.2) is 34.3 Å². The van der Waals surface area contributed by atoms with Crippen molar-refractivity contribution in [3.8, 4) is 23.0 Å². The molecule has 0 unspecified atom stereocenters. The molecule has 0 atom stereocenters. The maximum Gasteiger partial charge on any atom is 0.336 e. The Labute approximate surface area is 196 Å². The fourth-order valence-corrected chi connectivity index (χ4v) is 3.94. The van der Waals surface area contributed by atoms with E-state index >= 15 is 0 Å². The second kappa shape index (κ2) is 9.49. The Bertz CT molecular complexity index is 1150. The highest BCUT2D eigenvalue weighted by Crippen LogP contribution is 2.40. The van der Waals surface area contributed by atoms with E-state index in [1.807, 2.05) is 0 Å². The summed E-state index contributed by atoms with van der Waals surface area (Å²) in [5, 5.41) is 2.38. The van der Waals surface area contributed by atoms with Gasteiger partial charge in [-0.3, -0.25) is 14.9 Å². The Hall–Kier alpha value is -3.24. The van der Waals surface area contributed by atoms with E-state index in [0.717, 1.165) is 4.90 Å². The van der Waals surface area contributed by atoms with Crippen LogP contribution < -0.4 is 29.2 Å². The van der Waals surface area contributed by atoms with Crippen LogP contribution in [-0.4, -0.2) is 46.3 Å². The molecule has 1 aliphatic rings. The number of urea groups is 1. The first-order valence-electron chi connectivity index (χ1n) is 9.00. The van der Waals surface area contributed by atoms with Crippen molar-refractivity contribution in [2.75, 3.05) is 33.3 Å². The van der Waals surface area contributed by atoms with E-state index < -0.39 is 17.8 Å². The van der Waals surface area contributed by atoms with Crippen LogP contribution >= 0.6 is 27.5 Å². The third kappa shape index (κ3) is 4.23. The molecule has 4 amide bonds. The van der Waals surface area contributed by atoms with Gasteiger partial charge in [0, 0.05) is 12.1 Å². The van der Waals surface area contributed by atoms with E-state index in [0.29, 0.717) is 21.5 Å². The zero-order valence-corrected chi connectivity index (χ0v) is 19.8. The lowest BCUT2D eigenvalue weighted by Gasteiger charge is -2.28. The molecule has 1 saturated heterocycles. The van der Waals surface area contributed by atoms with Crippen molar-refractivity contribution in [1.29, 1.82) is 0 Å². The highest BCUT2D eigenvalue weighted by molar-refractivity contribution is 9.10. The zero-order chi connectivity index (χ0) is 23.6. The molecule has 2 aromatic carbocycles. The summed E-state index contributed by atoms with van der Waals surface area (Å²) >= 11 is 9.48. The van der Waals surface area contributed by atoms with Gasteiger partial charge in [0.2, 0.25) is 0 Å². The lowest BCUT2D eigenvalue weighted by molar-refractivity contribution is -0.122. The number of rotatable bonds is 6. The molecular weight excluding hydrogens is 508 g/mol. The fraction of sp³-hybridized carbons (Fsp3) is 0.190. The summed E-state index contributed by atoms with van der Waals surface area (Å²) < 4.78 is 21.6. The second-order valence-electron chi connectivity index (χ2n) is 6.35. The van der Waals surface area contributed by atoms with Gasteiger partial charge in [-0.1, -0.05) is 11.6 Å². The molecule has 9 nitrogen and oxygen atoms in total. The van der Waals surface area contributed by atoms with Gasteiger partial charge in [-0.2, -0.15) is 0 Å². The number of ether oxygens (including phenoxy) is 4. The summed E-state index contributed by atoms with van der Waals surface area (Å²) in [6.45, 7) is 0. The molecule has 3 rings (SSSR count). The number of barbiturate groups is 1. The topological polar surface area (TPSA) is 103 Å². The molecule has 32 heavy (non-hydrogen) atoms. The summed E-state index contributed by atoms with van der Waals surface area (Å²) in [6, 6.07) is 5.07. The Balaban J connectivity index is 2.12. The third-order valence-electron chi connectivity index (χ3n) is 4.56. The minimum Gasteiger partial charge on any atom is -0.495 e. The number of carbonyl (C=O) groups is 3. The summed E-state index contributed by atoms with van der Waals surface area (Å²) in [6.07, 6.45) is 1.34. The van der Waals surface area contributed by atoms with Gasteiger partial charge in [-0.05, 0) is 39.7 Å². The SMILES string of the molecule is COc1cc(N2C(=O)NC(=O)/C(=C\c3cc(Br)c(OC)c(OC)c3)C2=O)c(OC)cc1Cl. The van der Waals surface area contributed by atoms with Crippen LogP contribution in [-0.2, 0) is 9.59 Å². The minimum atomic E-state index is -0.937. The van der Waals surface area contributed by atoms with Crippen LogP contribution in [0.5, 0.6) is 23.0 Å². The predicted molar refractivity (Wildman–Crippen MR) is 121 cm³/mol. The van der Waals surface area contributed by atoms with E-state index in [-0.39, 0.29) is 27.8 Å². The maximum absolute atomic E-state index is 13.2. The number of methoxy groups -OCH3 is 4. The molecule has 0 saturated carbocycles. The van der Waals surface area contributed by atoms with Gasteiger partial charge in [0.25, 0.3) is 11.8 Å². The monoisotopic (exact) mass is 524 g/mol. The van der Waals surface area contributed by atoms with Crippen LogP contribution in [0.1, 0.15) is 5.56 Å². The van der Waals surface area contributed by atoms with Crippen molar-refractivity contribution >= 4 is 57.1 Å². The number of nitrogens with one attached hydrogen (secondary N) is 1. The molecule has 11 heteroatoms. The van der Waals surface area contributed by atoms with Gasteiger partial charge in [0.05, 0.1) is 43.6 Å². The first-order valence-corrected chi connectivity index (χ1v) is 10.2. The number of hydrogen-bond acceptors (Lipinski definition) is 7. The quantitative estimate of drug-likeness (QED) is 0.452. The van der Waals surface area contributed by atoms with Gasteiger partial charge in [-0.15, -0.1) is 0 Å². The number of carbonyl (C=O) groups excluding carboxylic acids is 3. The van der Waals surface area contributed by atoms with Crippen molar-refractivity contribution in [2.45, 2.75) is 0 Å². The number of nitrogens with zero attached hydrogens (tertiary/aromatic N) is 1. The van der Waals surface area contributed by atoms with Crippen molar-refractivity contribution in [3.05, 3.63) is 44.9 Å². The van der Waals surface area contributed by atoms with Crippen molar-refractivity contribution in [2.24, 2.45) is 0 Å². The molecule has 1 fully saturated rings. The summed E-state index contributed by atoms with van der Waals surface area (Å²) in [7, 11) is 5.69. The Morgan fingerprint density at radius 2 is 1.56 bits per heavy atom. The van der Waals surface area contributed by atoms with E-state index in [9.17, 15) is 14.4 Å². The Morgan fingerprint density at radius 3 is 2.16 bits per heavy atom. The number of amides is 4. The largest absolute Gasteiger partial charge is 0.495 e. The Morgan fingerprint density at radius 1 is 0.906 bits per heavy atom. The van der Waals surface area contributed by atoms with Crippen LogP contribution in [0.3, 0.4) is 0 Å². The Kier molecular flexibility index (Phi) is 6.95. The minimum absolute atomic E-state index is 0.0585. The standard InChI is InChI=1S/C21H18BrClN2O7/c1-29-15-9-14(16(30-2)8-13(15)23)25-20(27)11(19(26)24-21(25)28)5-10-6-12(22)18(32-4)17(7-10)31-3/h5-9H,1-4H3,(H,24,26,28)/b11-5+. The molecule has 0 radical (unpaired) electrons. The molecular formula is C21H18BrClN2O7. The average Bonchev–Trinajstić information content (AvgIpc) is 2.76. The number of halogens is 2. The number of benzene rings is 2. The van der Waals surface area contributed by atoms with Crippen molar-refractivity contribution < 1.29 is 33.3 Å². The highest BCUT2D eigenvalue weighted by atomic mass is 79.9. The van der Waals surface area contributed by atoms with Crippen molar-refractivity contribution in [1.82, 2.24) is 5.32 Å². The number of anilines is 1. The third-order valence-corrected chi connectivity index (χ3v) is 5.45. The van der Waals surface area contributed by atoms with Crippen LogP contribution in [0.25, 0.3) is 6.08 Å². The highest BCUT2D eigenvalue weighted by Gasteiger charge is 2.38. The van der Waals surface area contributed by atoms with Gasteiger partial charge in [0.15, 0.2) is 11.5 Å². The second-order valence-corrected chi connectivity index (χ2v) is 7.62. The van der Waals surface area contributed by atoms with E-state index in [1.54, 1.807) is 12.1 Å². The summed E-state index contributed by atoms with van der Waals surface area (Å²) in [4.78, 5) is 39.1. The first-order chi connectivity index (χ1) is 15.2. The molecule has 0 aromatic heterocycles. The van der Waals surface area contributed by atoms with Crippen LogP contribution in [0.2, 0.25) is 5.02 Å². The predicted octanol–water partition coefficient (Wildman–Crippen LogP) is 3.80. The van der Waals surface area contributed by atoms with Crippen LogP contribution in [0, 0.1) is 0 Å². The molecule has 2 aromatic rings. The lowest BCUT2D eigenvalue weighted by Crippen LogP contribution is -2.54. The average molecular weight is 526 g/mol. The first kappa shape index (κ1) is 23.4. The van der Waals surface area contributed by atoms with Gasteiger partial charge in [0.1, 0.15) is 17.1 Å². The molecule has 1 N–H and O–H groups in total. The summed E-state index contributed by atoms with van der Waals surface area (Å²) in [5.74, 6) is -0.510. The van der Waals surface area contributed by atoms with E-state index in [2.05, 4.69) is 21.2 Å². The lowest BCUT2D eigenvalue weighted by atomic mass is 10.1. The smallest absolute Gasteiger partial charge is 0.336 e. The molecule has 168 valence electrons.